The van der Waals surface area contributed by atoms with Gasteiger partial charge in [0.05, 0.1) is 5.69 Å². The summed E-state index contributed by atoms with van der Waals surface area (Å²) in [6, 6.07) is 7.35. The van der Waals surface area contributed by atoms with Crippen LogP contribution in [-0.2, 0) is 16.0 Å². The third kappa shape index (κ3) is 4.19. The minimum Gasteiger partial charge on any atom is -0.479 e. The van der Waals surface area contributed by atoms with E-state index in [0.29, 0.717) is 16.6 Å². The van der Waals surface area contributed by atoms with Crippen molar-refractivity contribution in [2.45, 2.75) is 45.6 Å². The van der Waals surface area contributed by atoms with Crippen molar-refractivity contribution < 1.29 is 14.3 Å². The second kappa shape index (κ2) is 8.27. The van der Waals surface area contributed by atoms with Gasteiger partial charge < -0.3 is 15.0 Å². The molecule has 1 aromatic heterocycles. The van der Waals surface area contributed by atoms with Crippen LogP contribution >= 0.6 is 11.3 Å². The van der Waals surface area contributed by atoms with Gasteiger partial charge in [-0.15, -0.1) is 10.2 Å². The van der Waals surface area contributed by atoms with Crippen molar-refractivity contribution in [2.75, 3.05) is 16.8 Å². The van der Waals surface area contributed by atoms with Gasteiger partial charge in [0.1, 0.15) is 10.8 Å². The van der Waals surface area contributed by atoms with E-state index in [-0.39, 0.29) is 24.8 Å². The zero-order valence-electron chi connectivity index (χ0n) is 14.9. The van der Waals surface area contributed by atoms with Crippen LogP contribution in [0.25, 0.3) is 0 Å². The van der Waals surface area contributed by atoms with Crippen LogP contribution < -0.4 is 15.0 Å². The van der Waals surface area contributed by atoms with Gasteiger partial charge in [0, 0.05) is 19.4 Å². The molecule has 1 atom stereocenters. The first kappa shape index (κ1) is 18.3. The smallest absolute Gasteiger partial charge is 0.267 e. The SMILES string of the molecule is CCCCc1nnc(NC(=O)CCN2C(=O)C(C)Oc3ccccc32)s1. The lowest BCUT2D eigenvalue weighted by molar-refractivity contribution is -0.125. The average Bonchev–Trinajstić information content (AvgIpc) is 3.07. The maximum atomic E-state index is 12.4. The molecular formula is C18H22N4O3S. The molecule has 26 heavy (non-hydrogen) atoms. The Morgan fingerprint density at radius 2 is 2.15 bits per heavy atom. The van der Waals surface area contributed by atoms with Crippen molar-refractivity contribution in [3.8, 4) is 5.75 Å². The molecule has 0 radical (unpaired) electrons. The zero-order valence-corrected chi connectivity index (χ0v) is 15.7. The Labute approximate surface area is 156 Å². The summed E-state index contributed by atoms with van der Waals surface area (Å²) < 4.78 is 5.60. The molecule has 0 aliphatic carbocycles. The van der Waals surface area contributed by atoms with E-state index in [2.05, 4.69) is 22.4 Å². The number of ether oxygens (including phenoxy) is 1. The minimum atomic E-state index is -0.558. The number of carbonyl (C=O) groups excluding carboxylic acids is 2. The van der Waals surface area contributed by atoms with Gasteiger partial charge in [0.25, 0.3) is 5.91 Å². The minimum absolute atomic E-state index is 0.144. The van der Waals surface area contributed by atoms with E-state index in [1.165, 1.54) is 11.3 Å². The van der Waals surface area contributed by atoms with Gasteiger partial charge >= 0.3 is 0 Å². The molecule has 2 amide bonds. The first-order valence-electron chi connectivity index (χ1n) is 8.77. The zero-order chi connectivity index (χ0) is 18.5. The average molecular weight is 374 g/mol. The van der Waals surface area contributed by atoms with Gasteiger partial charge in [-0.2, -0.15) is 0 Å². The Morgan fingerprint density at radius 1 is 1.35 bits per heavy atom. The fraction of sp³-hybridized carbons (Fsp3) is 0.444. The van der Waals surface area contributed by atoms with Crippen LogP contribution in [0.5, 0.6) is 5.75 Å². The summed E-state index contributed by atoms with van der Waals surface area (Å²) in [6.45, 7) is 4.12. The molecule has 0 saturated heterocycles. The van der Waals surface area contributed by atoms with Crippen molar-refractivity contribution in [3.05, 3.63) is 29.3 Å². The largest absolute Gasteiger partial charge is 0.479 e. The number of amides is 2. The second-order valence-electron chi connectivity index (χ2n) is 6.12. The van der Waals surface area contributed by atoms with Crippen molar-refractivity contribution in [2.24, 2.45) is 0 Å². The molecule has 1 unspecified atom stereocenters. The fourth-order valence-electron chi connectivity index (χ4n) is 2.72. The molecule has 3 rings (SSSR count). The van der Waals surface area contributed by atoms with E-state index in [1.807, 2.05) is 24.3 Å². The number of anilines is 2. The Balaban J connectivity index is 1.59. The molecule has 7 nitrogen and oxygen atoms in total. The molecule has 0 bridgehead atoms. The van der Waals surface area contributed by atoms with E-state index in [4.69, 9.17) is 4.74 Å². The number of para-hydroxylation sites is 2. The van der Waals surface area contributed by atoms with E-state index in [9.17, 15) is 9.59 Å². The van der Waals surface area contributed by atoms with Crippen molar-refractivity contribution in [3.63, 3.8) is 0 Å². The normalized spacial score (nSPS) is 16.2. The van der Waals surface area contributed by atoms with Crippen molar-refractivity contribution >= 4 is 34.0 Å². The van der Waals surface area contributed by atoms with E-state index in [1.54, 1.807) is 11.8 Å². The Kier molecular flexibility index (Phi) is 5.82. The number of unbranched alkanes of at least 4 members (excludes halogenated alkanes) is 1. The first-order chi connectivity index (χ1) is 12.6. The number of benzene rings is 1. The topological polar surface area (TPSA) is 84.4 Å². The number of nitrogens with one attached hydrogen (secondary N) is 1. The van der Waals surface area contributed by atoms with Gasteiger partial charge in [0.15, 0.2) is 6.10 Å². The number of aromatic nitrogens is 2. The van der Waals surface area contributed by atoms with Gasteiger partial charge in [0.2, 0.25) is 11.0 Å². The van der Waals surface area contributed by atoms with Crippen molar-refractivity contribution in [1.82, 2.24) is 10.2 Å². The number of hydrogen-bond acceptors (Lipinski definition) is 6. The van der Waals surface area contributed by atoms with Crippen LogP contribution in [0, 0.1) is 0 Å². The van der Waals surface area contributed by atoms with Crippen molar-refractivity contribution in [1.29, 1.82) is 0 Å². The Morgan fingerprint density at radius 3 is 2.96 bits per heavy atom. The maximum Gasteiger partial charge on any atom is 0.267 e. The van der Waals surface area contributed by atoms with E-state index < -0.39 is 6.10 Å². The van der Waals surface area contributed by atoms with E-state index >= 15 is 0 Å². The molecule has 138 valence electrons. The molecule has 8 heteroatoms. The molecule has 2 aromatic rings. The molecule has 0 spiro atoms. The summed E-state index contributed by atoms with van der Waals surface area (Å²) in [7, 11) is 0. The summed E-state index contributed by atoms with van der Waals surface area (Å²) in [6.07, 6.45) is 2.64. The van der Waals surface area contributed by atoms with Crippen LogP contribution in [0.2, 0.25) is 0 Å². The number of fused-ring (bicyclic) bond motifs is 1. The molecule has 0 saturated carbocycles. The number of carbonyl (C=O) groups is 2. The molecule has 0 fully saturated rings. The number of rotatable bonds is 7. The van der Waals surface area contributed by atoms with E-state index in [0.717, 1.165) is 24.3 Å². The third-order valence-electron chi connectivity index (χ3n) is 4.09. The molecule has 1 aromatic carbocycles. The highest BCUT2D eigenvalue weighted by molar-refractivity contribution is 7.15. The van der Waals surface area contributed by atoms with Crippen LogP contribution in [0.1, 0.15) is 38.1 Å². The van der Waals surface area contributed by atoms with Crippen LogP contribution in [0.3, 0.4) is 0 Å². The van der Waals surface area contributed by atoms with Crippen LogP contribution in [-0.4, -0.2) is 34.7 Å². The van der Waals surface area contributed by atoms with Gasteiger partial charge in [-0.05, 0) is 25.5 Å². The summed E-state index contributed by atoms with van der Waals surface area (Å²) in [5, 5.41) is 12.3. The monoisotopic (exact) mass is 374 g/mol. The summed E-state index contributed by atoms with van der Waals surface area (Å²) >= 11 is 1.40. The number of hydrogen-bond donors (Lipinski definition) is 1. The van der Waals surface area contributed by atoms with Crippen LogP contribution in [0.15, 0.2) is 24.3 Å². The molecule has 1 N–H and O–H groups in total. The Bertz CT molecular complexity index is 792. The van der Waals surface area contributed by atoms with Gasteiger partial charge in [-0.1, -0.05) is 36.8 Å². The maximum absolute atomic E-state index is 12.4. The fourth-order valence-corrected chi connectivity index (χ4v) is 3.52. The molecule has 1 aliphatic rings. The first-order valence-corrected chi connectivity index (χ1v) is 9.59. The number of nitrogens with zero attached hydrogens (tertiary/aromatic N) is 3. The highest BCUT2D eigenvalue weighted by Gasteiger charge is 2.31. The summed E-state index contributed by atoms with van der Waals surface area (Å²) in [4.78, 5) is 26.3. The quantitative estimate of drug-likeness (QED) is 0.805. The lowest BCUT2D eigenvalue weighted by Crippen LogP contribution is -2.45. The number of aryl methyl sites for hydroxylation is 1. The highest BCUT2D eigenvalue weighted by Crippen LogP contribution is 2.33. The van der Waals surface area contributed by atoms with Gasteiger partial charge in [-0.3, -0.25) is 9.59 Å². The summed E-state index contributed by atoms with van der Waals surface area (Å²) in [5.74, 6) is 0.326. The summed E-state index contributed by atoms with van der Waals surface area (Å²) in [5.41, 5.74) is 0.696. The van der Waals surface area contributed by atoms with Gasteiger partial charge in [-0.25, -0.2) is 0 Å². The molecule has 2 heterocycles. The second-order valence-corrected chi connectivity index (χ2v) is 7.18. The standard InChI is InChI=1S/C18H22N4O3S/c1-3-4-9-16-20-21-18(26-16)19-15(23)10-11-22-13-7-5-6-8-14(13)25-12(2)17(22)24/h5-8,12H,3-4,9-11H2,1-2H3,(H,19,21,23). The molecular weight excluding hydrogens is 352 g/mol. The highest BCUT2D eigenvalue weighted by atomic mass is 32.1. The van der Waals surface area contributed by atoms with Crippen LogP contribution in [0.4, 0.5) is 10.8 Å². The third-order valence-corrected chi connectivity index (χ3v) is 4.99. The predicted molar refractivity (Wildman–Crippen MR) is 101 cm³/mol. The Hall–Kier alpha value is -2.48. The molecule has 1 aliphatic heterocycles. The predicted octanol–water partition coefficient (Wildman–Crippen LogP) is 3.02. The lowest BCUT2D eigenvalue weighted by Gasteiger charge is -2.32. The lowest BCUT2D eigenvalue weighted by atomic mass is 10.1.